The Labute approximate surface area is 220 Å². The lowest BCUT2D eigenvalue weighted by Crippen LogP contribution is -2.56. The number of hydrogen-bond donors (Lipinski definition) is 0. The van der Waals surface area contributed by atoms with Crippen LogP contribution in [0.25, 0.3) is 0 Å². The molecule has 4 rings (SSSR count). The Morgan fingerprint density at radius 1 is 1.08 bits per heavy atom. The number of rotatable bonds is 10. The van der Waals surface area contributed by atoms with E-state index in [-0.39, 0.29) is 11.9 Å². The first-order valence-corrected chi connectivity index (χ1v) is 13.4. The lowest BCUT2D eigenvalue weighted by Gasteiger charge is -2.41. The van der Waals surface area contributed by atoms with Crippen LogP contribution in [0.5, 0.6) is 5.75 Å². The molecule has 2 aromatic rings. The van der Waals surface area contributed by atoms with Crippen LogP contribution in [-0.4, -0.2) is 65.9 Å². The molecule has 2 aliphatic heterocycles. The SMILES string of the molecule is CCOc1ccc(CCC[C@@H](C(=O)N2CCN(Cc3ccccc3)C[C@@H]2C)[C@@H]2OC(C)(C)OC2=O)cc1. The molecular weight excluding hydrogens is 468 g/mol. The predicted molar refractivity (Wildman–Crippen MR) is 142 cm³/mol. The number of amides is 1. The van der Waals surface area contributed by atoms with Crippen molar-refractivity contribution in [2.24, 2.45) is 5.92 Å². The molecule has 0 saturated carbocycles. The molecular formula is C30H40N2O5. The highest BCUT2D eigenvalue weighted by atomic mass is 16.8. The quantitative estimate of drug-likeness (QED) is 0.442. The van der Waals surface area contributed by atoms with Crippen LogP contribution in [0.3, 0.4) is 0 Å². The fraction of sp³-hybridized carbons (Fsp3) is 0.533. The van der Waals surface area contributed by atoms with Crippen molar-refractivity contribution in [1.29, 1.82) is 0 Å². The van der Waals surface area contributed by atoms with Gasteiger partial charge in [0.2, 0.25) is 11.7 Å². The largest absolute Gasteiger partial charge is 0.494 e. The summed E-state index contributed by atoms with van der Waals surface area (Å²) in [6.07, 6.45) is 1.25. The van der Waals surface area contributed by atoms with Gasteiger partial charge >= 0.3 is 5.97 Å². The molecule has 0 aliphatic carbocycles. The molecule has 2 aliphatic rings. The fourth-order valence-electron chi connectivity index (χ4n) is 5.33. The number of nitrogens with zero attached hydrogens (tertiary/aromatic N) is 2. The molecule has 2 heterocycles. The molecule has 37 heavy (non-hydrogen) atoms. The summed E-state index contributed by atoms with van der Waals surface area (Å²) in [6, 6.07) is 18.5. The third kappa shape index (κ3) is 7.11. The van der Waals surface area contributed by atoms with E-state index in [1.165, 1.54) is 11.1 Å². The second-order valence-electron chi connectivity index (χ2n) is 10.5. The third-order valence-corrected chi connectivity index (χ3v) is 7.13. The normalized spacial score (nSPS) is 22.5. The van der Waals surface area contributed by atoms with E-state index >= 15 is 0 Å². The average Bonchev–Trinajstić information content (AvgIpc) is 3.15. The summed E-state index contributed by atoms with van der Waals surface area (Å²) < 4.78 is 16.9. The zero-order valence-corrected chi connectivity index (χ0v) is 22.5. The van der Waals surface area contributed by atoms with Crippen LogP contribution in [0.4, 0.5) is 0 Å². The Bertz CT molecular complexity index is 1040. The highest BCUT2D eigenvalue weighted by Gasteiger charge is 2.48. The lowest BCUT2D eigenvalue weighted by molar-refractivity contribution is -0.163. The van der Waals surface area contributed by atoms with E-state index in [0.717, 1.165) is 38.2 Å². The number of carbonyl (C=O) groups is 2. The zero-order chi connectivity index (χ0) is 26.4. The van der Waals surface area contributed by atoms with E-state index in [4.69, 9.17) is 14.2 Å². The lowest BCUT2D eigenvalue weighted by atomic mass is 9.92. The number of esters is 1. The van der Waals surface area contributed by atoms with Gasteiger partial charge in [0.25, 0.3) is 0 Å². The van der Waals surface area contributed by atoms with Gasteiger partial charge in [0.05, 0.1) is 12.5 Å². The second kappa shape index (κ2) is 12.1. The van der Waals surface area contributed by atoms with Crippen LogP contribution in [0.2, 0.25) is 0 Å². The van der Waals surface area contributed by atoms with E-state index in [0.29, 0.717) is 19.6 Å². The first-order valence-electron chi connectivity index (χ1n) is 13.4. The summed E-state index contributed by atoms with van der Waals surface area (Å²) in [6.45, 7) is 11.2. The van der Waals surface area contributed by atoms with Gasteiger partial charge < -0.3 is 19.1 Å². The van der Waals surface area contributed by atoms with E-state index in [1.807, 2.05) is 30.0 Å². The van der Waals surface area contributed by atoms with Crippen molar-refractivity contribution in [3.63, 3.8) is 0 Å². The molecule has 7 heteroatoms. The minimum Gasteiger partial charge on any atom is -0.494 e. The topological polar surface area (TPSA) is 68.3 Å². The van der Waals surface area contributed by atoms with Gasteiger partial charge in [-0.25, -0.2) is 4.79 Å². The average molecular weight is 509 g/mol. The Kier molecular flexibility index (Phi) is 8.87. The number of cyclic esters (lactones) is 1. The Morgan fingerprint density at radius 3 is 2.43 bits per heavy atom. The molecule has 0 aromatic heterocycles. The van der Waals surface area contributed by atoms with Gasteiger partial charge in [0, 0.05) is 46.1 Å². The molecule has 1 amide bonds. The van der Waals surface area contributed by atoms with Crippen LogP contribution < -0.4 is 4.74 Å². The van der Waals surface area contributed by atoms with Gasteiger partial charge in [0.1, 0.15) is 5.75 Å². The summed E-state index contributed by atoms with van der Waals surface area (Å²) in [7, 11) is 0. The molecule has 0 unspecified atom stereocenters. The maximum absolute atomic E-state index is 13.9. The number of benzene rings is 2. The number of carbonyl (C=O) groups excluding carboxylic acids is 2. The molecule has 3 atom stereocenters. The summed E-state index contributed by atoms with van der Waals surface area (Å²) >= 11 is 0. The van der Waals surface area contributed by atoms with E-state index in [1.54, 1.807) is 13.8 Å². The summed E-state index contributed by atoms with van der Waals surface area (Å²) in [5, 5.41) is 0. The number of hydrogen-bond acceptors (Lipinski definition) is 6. The number of ether oxygens (including phenoxy) is 3. The zero-order valence-electron chi connectivity index (χ0n) is 22.5. The van der Waals surface area contributed by atoms with Crippen molar-refractivity contribution in [3.8, 4) is 5.75 Å². The van der Waals surface area contributed by atoms with Crippen molar-refractivity contribution < 1.29 is 23.8 Å². The van der Waals surface area contributed by atoms with Crippen molar-refractivity contribution >= 4 is 11.9 Å². The highest BCUT2D eigenvalue weighted by Crippen LogP contribution is 2.32. The molecule has 0 bridgehead atoms. The maximum atomic E-state index is 13.9. The molecule has 7 nitrogen and oxygen atoms in total. The minimum absolute atomic E-state index is 0.0156. The van der Waals surface area contributed by atoms with Crippen molar-refractivity contribution in [2.45, 2.75) is 71.4 Å². The van der Waals surface area contributed by atoms with Crippen molar-refractivity contribution in [2.75, 3.05) is 26.2 Å². The fourth-order valence-corrected chi connectivity index (χ4v) is 5.33. The Hall–Kier alpha value is -2.90. The number of piperazine rings is 1. The van der Waals surface area contributed by atoms with E-state index in [2.05, 4.69) is 48.2 Å². The summed E-state index contributed by atoms with van der Waals surface area (Å²) in [4.78, 5) is 30.9. The summed E-state index contributed by atoms with van der Waals surface area (Å²) in [5.41, 5.74) is 2.44. The van der Waals surface area contributed by atoms with Crippen LogP contribution in [0, 0.1) is 5.92 Å². The Morgan fingerprint density at radius 2 is 1.81 bits per heavy atom. The maximum Gasteiger partial charge on any atom is 0.338 e. The monoisotopic (exact) mass is 508 g/mol. The molecule has 0 spiro atoms. The minimum atomic E-state index is -1.02. The van der Waals surface area contributed by atoms with Gasteiger partial charge in [-0.1, -0.05) is 42.5 Å². The standard InChI is InChI=1S/C30H40N2O5/c1-5-35-25-16-14-23(15-17-25)12-9-13-26(27-29(34)37-30(3,4)36-27)28(33)32-19-18-31(20-22(32)2)21-24-10-7-6-8-11-24/h6-8,10-11,14-17,22,26-27H,5,9,12-13,18-21H2,1-4H3/t22-,26+,27-/m0/s1. The molecule has 0 radical (unpaired) electrons. The third-order valence-electron chi connectivity index (χ3n) is 7.13. The molecule has 2 aromatic carbocycles. The highest BCUT2D eigenvalue weighted by molar-refractivity contribution is 5.88. The van der Waals surface area contributed by atoms with Gasteiger partial charge in [-0.3, -0.25) is 9.69 Å². The van der Waals surface area contributed by atoms with E-state index < -0.39 is 23.8 Å². The molecule has 2 fully saturated rings. The predicted octanol–water partition coefficient (Wildman–Crippen LogP) is 4.44. The first-order chi connectivity index (χ1) is 17.8. The van der Waals surface area contributed by atoms with Gasteiger partial charge in [-0.05, 0) is 56.4 Å². The second-order valence-corrected chi connectivity index (χ2v) is 10.5. The van der Waals surface area contributed by atoms with Crippen LogP contribution in [-0.2, 0) is 32.0 Å². The number of aryl methyl sites for hydroxylation is 1. The smallest absolute Gasteiger partial charge is 0.338 e. The first kappa shape index (κ1) is 27.1. The van der Waals surface area contributed by atoms with E-state index in [9.17, 15) is 9.59 Å². The van der Waals surface area contributed by atoms with Gasteiger partial charge in [0.15, 0.2) is 6.10 Å². The molecule has 2 saturated heterocycles. The Balaban J connectivity index is 1.40. The van der Waals surface area contributed by atoms with Crippen LogP contribution in [0.15, 0.2) is 54.6 Å². The summed E-state index contributed by atoms with van der Waals surface area (Å²) in [5.74, 6) is -1.20. The van der Waals surface area contributed by atoms with Crippen LogP contribution >= 0.6 is 0 Å². The van der Waals surface area contributed by atoms with Gasteiger partial charge in [-0.15, -0.1) is 0 Å². The van der Waals surface area contributed by atoms with Crippen LogP contribution in [0.1, 0.15) is 51.7 Å². The van der Waals surface area contributed by atoms with Crippen molar-refractivity contribution in [1.82, 2.24) is 9.80 Å². The van der Waals surface area contributed by atoms with Crippen molar-refractivity contribution in [3.05, 3.63) is 65.7 Å². The molecule has 200 valence electrons. The van der Waals surface area contributed by atoms with Gasteiger partial charge in [-0.2, -0.15) is 0 Å². The molecule has 0 N–H and O–H groups in total.